The van der Waals surface area contributed by atoms with Gasteiger partial charge in [0.15, 0.2) is 0 Å². The van der Waals surface area contributed by atoms with Crippen molar-refractivity contribution < 1.29 is 5.11 Å². The molecule has 106 valence electrons. The molecule has 2 aliphatic carbocycles. The van der Waals surface area contributed by atoms with Crippen molar-refractivity contribution in [2.24, 2.45) is 17.8 Å². The Morgan fingerprint density at radius 1 is 0.944 bits per heavy atom. The van der Waals surface area contributed by atoms with Gasteiger partial charge >= 0.3 is 0 Å². The Morgan fingerprint density at radius 2 is 1.50 bits per heavy atom. The fourth-order valence-corrected chi connectivity index (χ4v) is 4.16. The van der Waals surface area contributed by atoms with Crippen LogP contribution in [0.15, 0.2) is 0 Å². The molecule has 2 atom stereocenters. The lowest BCUT2D eigenvalue weighted by atomic mass is 9.74. The van der Waals surface area contributed by atoms with Crippen molar-refractivity contribution in [2.45, 2.75) is 77.3 Å². The van der Waals surface area contributed by atoms with E-state index < -0.39 is 0 Å². The van der Waals surface area contributed by atoms with Crippen LogP contribution in [-0.2, 0) is 0 Å². The van der Waals surface area contributed by atoms with E-state index in [1.165, 1.54) is 32.1 Å². The number of aliphatic hydroxyl groups is 1. The maximum atomic E-state index is 9.83. The van der Waals surface area contributed by atoms with Crippen molar-refractivity contribution in [3.05, 3.63) is 0 Å². The normalized spacial score (nSPS) is 46.0. The minimum Gasteiger partial charge on any atom is -0.394 e. The predicted octanol–water partition coefficient (Wildman–Crippen LogP) is 3.34. The van der Waals surface area contributed by atoms with Crippen molar-refractivity contribution in [3.63, 3.8) is 0 Å². The quantitative estimate of drug-likeness (QED) is 0.808. The third-order valence-electron chi connectivity index (χ3n) is 5.22. The van der Waals surface area contributed by atoms with Crippen LogP contribution >= 0.6 is 0 Å². The first kappa shape index (κ1) is 14.3. The summed E-state index contributed by atoms with van der Waals surface area (Å²) in [5, 5.41) is 13.7. The van der Waals surface area contributed by atoms with E-state index in [4.69, 9.17) is 0 Å². The van der Waals surface area contributed by atoms with Crippen LogP contribution in [0.5, 0.6) is 0 Å². The van der Waals surface area contributed by atoms with E-state index in [-0.39, 0.29) is 5.54 Å². The second-order valence-corrected chi connectivity index (χ2v) is 7.38. The average Bonchev–Trinajstić information content (AvgIpc) is 2.31. The van der Waals surface area contributed by atoms with Crippen LogP contribution in [0.3, 0.4) is 0 Å². The van der Waals surface area contributed by atoms with E-state index in [1.54, 1.807) is 0 Å². The maximum absolute atomic E-state index is 9.83. The zero-order valence-electron chi connectivity index (χ0n) is 12.4. The van der Waals surface area contributed by atoms with Crippen LogP contribution < -0.4 is 5.32 Å². The van der Waals surface area contributed by atoms with E-state index in [1.807, 2.05) is 0 Å². The molecule has 0 aromatic carbocycles. The molecule has 0 amide bonds. The summed E-state index contributed by atoms with van der Waals surface area (Å²) in [7, 11) is 0. The molecule has 0 aliphatic heterocycles. The van der Waals surface area contributed by atoms with Gasteiger partial charge in [0, 0.05) is 11.6 Å². The number of aliphatic hydroxyl groups excluding tert-OH is 1. The fourth-order valence-electron chi connectivity index (χ4n) is 4.16. The van der Waals surface area contributed by atoms with E-state index >= 15 is 0 Å². The molecule has 2 nitrogen and oxygen atoms in total. The number of rotatable bonds is 3. The highest BCUT2D eigenvalue weighted by Crippen LogP contribution is 2.35. The molecule has 18 heavy (non-hydrogen) atoms. The SMILES string of the molecule is CC1CCC(CO)(NC2CC(C)CC(C)C2)CC1. The van der Waals surface area contributed by atoms with Crippen molar-refractivity contribution in [2.75, 3.05) is 6.61 Å². The number of nitrogens with one attached hydrogen (secondary N) is 1. The molecule has 0 heterocycles. The second kappa shape index (κ2) is 5.92. The Labute approximate surface area is 113 Å². The number of hydrogen-bond donors (Lipinski definition) is 2. The van der Waals surface area contributed by atoms with E-state index in [9.17, 15) is 5.11 Å². The van der Waals surface area contributed by atoms with Crippen molar-refractivity contribution in [1.82, 2.24) is 5.32 Å². The standard InChI is InChI=1S/C16H31NO/c1-12-4-6-16(11-18,7-5-12)17-15-9-13(2)8-14(3)10-15/h12-15,17-18H,4-11H2,1-3H3. The lowest BCUT2D eigenvalue weighted by molar-refractivity contribution is 0.0779. The molecule has 0 bridgehead atoms. The zero-order valence-corrected chi connectivity index (χ0v) is 12.4. The van der Waals surface area contributed by atoms with Crippen molar-refractivity contribution in [1.29, 1.82) is 0 Å². The Hall–Kier alpha value is -0.0800. The first-order valence-corrected chi connectivity index (χ1v) is 7.91. The summed E-state index contributed by atoms with van der Waals surface area (Å²) in [5.41, 5.74) is 0.0357. The Bertz CT molecular complexity index is 248. The van der Waals surface area contributed by atoms with Gasteiger partial charge in [-0.2, -0.15) is 0 Å². The molecular weight excluding hydrogens is 222 g/mol. The molecule has 0 aromatic rings. The van der Waals surface area contributed by atoms with Crippen LogP contribution in [0.4, 0.5) is 0 Å². The molecule has 0 radical (unpaired) electrons. The second-order valence-electron chi connectivity index (χ2n) is 7.38. The average molecular weight is 253 g/mol. The summed E-state index contributed by atoms with van der Waals surface area (Å²) in [4.78, 5) is 0. The highest BCUT2D eigenvalue weighted by atomic mass is 16.3. The van der Waals surface area contributed by atoms with Crippen molar-refractivity contribution >= 4 is 0 Å². The summed E-state index contributed by atoms with van der Waals surface area (Å²) in [5.74, 6) is 2.52. The summed E-state index contributed by atoms with van der Waals surface area (Å²) < 4.78 is 0. The zero-order chi connectivity index (χ0) is 13.2. The molecule has 2 fully saturated rings. The van der Waals surface area contributed by atoms with Gasteiger partial charge in [-0.05, 0) is 62.7 Å². The van der Waals surface area contributed by atoms with Gasteiger partial charge in [0.05, 0.1) is 6.61 Å². The largest absolute Gasteiger partial charge is 0.394 e. The van der Waals surface area contributed by atoms with Crippen molar-refractivity contribution in [3.8, 4) is 0 Å². The molecule has 2 N–H and O–H groups in total. The molecule has 0 saturated heterocycles. The summed E-state index contributed by atoms with van der Waals surface area (Å²) >= 11 is 0. The lowest BCUT2D eigenvalue weighted by Gasteiger charge is -2.44. The molecular formula is C16H31NO. The van der Waals surface area contributed by atoms with Gasteiger partial charge in [-0.3, -0.25) is 0 Å². The molecule has 2 heteroatoms. The minimum absolute atomic E-state index is 0.0357. The van der Waals surface area contributed by atoms with Crippen LogP contribution in [-0.4, -0.2) is 23.3 Å². The van der Waals surface area contributed by atoms with Gasteiger partial charge in [-0.1, -0.05) is 20.8 Å². The maximum Gasteiger partial charge on any atom is 0.0613 e. The Balaban J connectivity index is 1.93. The van der Waals surface area contributed by atoms with Crippen LogP contribution in [0.25, 0.3) is 0 Å². The van der Waals surface area contributed by atoms with Gasteiger partial charge in [0.1, 0.15) is 0 Å². The number of hydrogen-bond acceptors (Lipinski definition) is 2. The monoisotopic (exact) mass is 253 g/mol. The first-order valence-electron chi connectivity index (χ1n) is 7.91. The lowest BCUT2D eigenvalue weighted by Crippen LogP contribution is -2.56. The molecule has 2 unspecified atom stereocenters. The topological polar surface area (TPSA) is 32.3 Å². The van der Waals surface area contributed by atoms with E-state index in [2.05, 4.69) is 26.1 Å². The summed E-state index contributed by atoms with van der Waals surface area (Å²) in [6, 6.07) is 0.629. The fraction of sp³-hybridized carbons (Fsp3) is 1.00. The van der Waals surface area contributed by atoms with Crippen LogP contribution in [0.1, 0.15) is 65.7 Å². The van der Waals surface area contributed by atoms with E-state index in [0.717, 1.165) is 30.6 Å². The minimum atomic E-state index is 0.0357. The first-order chi connectivity index (χ1) is 8.53. The predicted molar refractivity (Wildman–Crippen MR) is 76.6 cm³/mol. The van der Waals surface area contributed by atoms with Crippen LogP contribution in [0, 0.1) is 17.8 Å². The highest BCUT2D eigenvalue weighted by Gasteiger charge is 2.36. The van der Waals surface area contributed by atoms with Crippen LogP contribution in [0.2, 0.25) is 0 Å². The summed E-state index contributed by atoms with van der Waals surface area (Å²) in [6.45, 7) is 7.41. The Kier molecular flexibility index (Phi) is 4.71. The van der Waals surface area contributed by atoms with Gasteiger partial charge < -0.3 is 10.4 Å². The highest BCUT2D eigenvalue weighted by molar-refractivity contribution is 4.95. The third-order valence-corrected chi connectivity index (χ3v) is 5.22. The Morgan fingerprint density at radius 3 is 2.00 bits per heavy atom. The van der Waals surface area contributed by atoms with E-state index in [0.29, 0.717) is 12.6 Å². The van der Waals surface area contributed by atoms with Gasteiger partial charge in [-0.25, -0.2) is 0 Å². The molecule has 2 aliphatic rings. The summed E-state index contributed by atoms with van der Waals surface area (Å²) in [6.07, 6.45) is 8.81. The molecule has 2 rings (SSSR count). The van der Waals surface area contributed by atoms with Gasteiger partial charge in [0.25, 0.3) is 0 Å². The van der Waals surface area contributed by atoms with Gasteiger partial charge in [-0.15, -0.1) is 0 Å². The molecule has 0 spiro atoms. The third kappa shape index (κ3) is 3.48. The smallest absolute Gasteiger partial charge is 0.0613 e. The molecule has 0 aromatic heterocycles. The van der Waals surface area contributed by atoms with Gasteiger partial charge in [0.2, 0.25) is 0 Å². The molecule has 2 saturated carbocycles.